The van der Waals surface area contributed by atoms with Gasteiger partial charge < -0.3 is 14.8 Å². The van der Waals surface area contributed by atoms with E-state index in [1.165, 1.54) is 19.3 Å². The average molecular weight is 365 g/mol. The highest BCUT2D eigenvalue weighted by atomic mass is 32.1. The number of carbonyl (C=O) groups is 1. The van der Waals surface area contributed by atoms with Crippen LogP contribution in [-0.4, -0.2) is 36.9 Å². The van der Waals surface area contributed by atoms with Crippen LogP contribution in [-0.2, 0) is 4.74 Å². The summed E-state index contributed by atoms with van der Waals surface area (Å²) in [6.45, 7) is 4.33. The van der Waals surface area contributed by atoms with Gasteiger partial charge in [-0.05, 0) is 55.7 Å². The van der Waals surface area contributed by atoms with E-state index in [0.29, 0.717) is 23.8 Å². The van der Waals surface area contributed by atoms with Gasteiger partial charge in [0.2, 0.25) is 0 Å². The number of amides is 1. The van der Waals surface area contributed by atoms with Crippen molar-refractivity contribution < 1.29 is 14.3 Å². The summed E-state index contributed by atoms with van der Waals surface area (Å²) in [7, 11) is 0. The van der Waals surface area contributed by atoms with Crippen LogP contribution in [0.1, 0.15) is 55.8 Å². The molecular formula is C19H28N2O3S. The molecule has 0 aromatic heterocycles. The molecule has 1 aromatic carbocycles. The van der Waals surface area contributed by atoms with Crippen molar-refractivity contribution >= 4 is 23.2 Å². The summed E-state index contributed by atoms with van der Waals surface area (Å²) in [4.78, 5) is 12.2. The monoisotopic (exact) mass is 364 g/mol. The van der Waals surface area contributed by atoms with E-state index < -0.39 is 0 Å². The third-order valence-electron chi connectivity index (χ3n) is 4.12. The van der Waals surface area contributed by atoms with E-state index >= 15 is 0 Å². The van der Waals surface area contributed by atoms with Gasteiger partial charge in [0.05, 0.1) is 12.7 Å². The second-order valence-electron chi connectivity index (χ2n) is 6.23. The summed E-state index contributed by atoms with van der Waals surface area (Å²) >= 11 is 5.16. The lowest BCUT2D eigenvalue weighted by Crippen LogP contribution is -2.42. The zero-order valence-electron chi connectivity index (χ0n) is 14.9. The number of hydrogen-bond acceptors (Lipinski definition) is 4. The van der Waals surface area contributed by atoms with Crippen molar-refractivity contribution in [3.63, 3.8) is 0 Å². The highest BCUT2D eigenvalue weighted by Crippen LogP contribution is 2.13. The normalized spacial score (nSPS) is 16.4. The Hall–Kier alpha value is -1.66. The number of carbonyl (C=O) groups excluding carboxylic acids is 1. The molecule has 0 radical (unpaired) electrons. The maximum Gasteiger partial charge on any atom is 0.257 e. The van der Waals surface area contributed by atoms with Crippen LogP contribution < -0.4 is 15.4 Å². The number of rotatable bonds is 9. The summed E-state index contributed by atoms with van der Waals surface area (Å²) < 4.78 is 11.2. The topological polar surface area (TPSA) is 59.6 Å². The molecule has 6 heteroatoms. The summed E-state index contributed by atoms with van der Waals surface area (Å²) in [5, 5.41) is 6.05. The highest BCUT2D eigenvalue weighted by molar-refractivity contribution is 7.80. The van der Waals surface area contributed by atoms with Crippen molar-refractivity contribution in [2.75, 3.05) is 19.8 Å². The SMILES string of the molecule is CCCCCCOc1ccc(C(=O)NC(=S)NCC2CCCO2)cc1. The third-order valence-corrected chi connectivity index (χ3v) is 4.37. The van der Waals surface area contributed by atoms with Gasteiger partial charge in [-0.3, -0.25) is 10.1 Å². The number of thiocarbonyl (C=S) groups is 1. The molecule has 2 rings (SSSR count). The first-order chi connectivity index (χ1) is 12.2. The van der Waals surface area contributed by atoms with Gasteiger partial charge in [0, 0.05) is 18.7 Å². The zero-order chi connectivity index (χ0) is 17.9. The molecule has 0 bridgehead atoms. The highest BCUT2D eigenvalue weighted by Gasteiger charge is 2.16. The molecular weight excluding hydrogens is 336 g/mol. The largest absolute Gasteiger partial charge is 0.494 e. The van der Waals surface area contributed by atoms with Gasteiger partial charge in [-0.25, -0.2) is 0 Å². The lowest BCUT2D eigenvalue weighted by Gasteiger charge is -2.13. The summed E-state index contributed by atoms with van der Waals surface area (Å²) in [5.74, 6) is 0.562. The van der Waals surface area contributed by atoms with Crippen molar-refractivity contribution in [2.45, 2.75) is 51.6 Å². The Kier molecular flexibility index (Phi) is 8.69. The van der Waals surface area contributed by atoms with Gasteiger partial charge >= 0.3 is 0 Å². The van der Waals surface area contributed by atoms with Crippen molar-refractivity contribution in [1.82, 2.24) is 10.6 Å². The molecule has 1 saturated heterocycles. The summed E-state index contributed by atoms with van der Waals surface area (Å²) in [6, 6.07) is 7.13. The smallest absolute Gasteiger partial charge is 0.257 e. The van der Waals surface area contributed by atoms with E-state index in [0.717, 1.165) is 31.6 Å². The van der Waals surface area contributed by atoms with Crippen LogP contribution in [0.5, 0.6) is 5.75 Å². The molecule has 1 fully saturated rings. The van der Waals surface area contributed by atoms with Gasteiger partial charge in [0.1, 0.15) is 5.75 Å². The molecule has 0 saturated carbocycles. The Balaban J connectivity index is 1.69. The van der Waals surface area contributed by atoms with E-state index in [-0.39, 0.29) is 12.0 Å². The molecule has 1 atom stereocenters. The van der Waals surface area contributed by atoms with Crippen molar-refractivity contribution in [3.8, 4) is 5.75 Å². The van der Waals surface area contributed by atoms with Crippen LogP contribution in [0.4, 0.5) is 0 Å². The molecule has 1 unspecified atom stereocenters. The molecule has 0 spiro atoms. The van der Waals surface area contributed by atoms with E-state index in [4.69, 9.17) is 21.7 Å². The van der Waals surface area contributed by atoms with Crippen molar-refractivity contribution in [2.24, 2.45) is 0 Å². The minimum atomic E-state index is -0.223. The molecule has 1 aliphatic heterocycles. The molecule has 0 aliphatic carbocycles. The van der Waals surface area contributed by atoms with E-state index in [2.05, 4.69) is 17.6 Å². The average Bonchev–Trinajstić information content (AvgIpc) is 3.14. The first-order valence-corrected chi connectivity index (χ1v) is 9.53. The third kappa shape index (κ3) is 7.40. The second-order valence-corrected chi connectivity index (χ2v) is 6.64. The van der Waals surface area contributed by atoms with Crippen molar-refractivity contribution in [3.05, 3.63) is 29.8 Å². The van der Waals surface area contributed by atoms with E-state index in [1.807, 2.05) is 12.1 Å². The maximum atomic E-state index is 12.2. The van der Waals surface area contributed by atoms with Gasteiger partial charge in [0.25, 0.3) is 5.91 Å². The van der Waals surface area contributed by atoms with Gasteiger partial charge in [-0.2, -0.15) is 0 Å². The Morgan fingerprint density at radius 2 is 2.08 bits per heavy atom. The predicted octanol–water partition coefficient (Wildman–Crippen LogP) is 3.43. The van der Waals surface area contributed by atoms with Crippen LogP contribution in [0.2, 0.25) is 0 Å². The number of unbranched alkanes of at least 4 members (excludes halogenated alkanes) is 3. The van der Waals surface area contributed by atoms with Gasteiger partial charge in [0.15, 0.2) is 5.11 Å². The minimum absolute atomic E-state index is 0.184. The first-order valence-electron chi connectivity index (χ1n) is 9.12. The molecule has 1 heterocycles. The first kappa shape index (κ1) is 19.7. The predicted molar refractivity (Wildman–Crippen MR) is 103 cm³/mol. The Morgan fingerprint density at radius 3 is 2.76 bits per heavy atom. The van der Waals surface area contributed by atoms with E-state index in [9.17, 15) is 4.79 Å². The van der Waals surface area contributed by atoms with Crippen LogP contribution in [0.3, 0.4) is 0 Å². The molecule has 5 nitrogen and oxygen atoms in total. The van der Waals surface area contributed by atoms with Crippen LogP contribution in [0.25, 0.3) is 0 Å². The molecule has 1 aromatic rings. The second kappa shape index (κ2) is 11.1. The zero-order valence-corrected chi connectivity index (χ0v) is 15.7. The molecule has 1 aliphatic rings. The summed E-state index contributed by atoms with van der Waals surface area (Å²) in [5.41, 5.74) is 0.555. The number of benzene rings is 1. The fourth-order valence-corrected chi connectivity index (χ4v) is 2.83. The molecule has 138 valence electrons. The Morgan fingerprint density at radius 1 is 1.28 bits per heavy atom. The fraction of sp³-hybridized carbons (Fsp3) is 0.579. The van der Waals surface area contributed by atoms with Crippen LogP contribution in [0, 0.1) is 0 Å². The van der Waals surface area contributed by atoms with Crippen LogP contribution >= 0.6 is 12.2 Å². The molecule has 2 N–H and O–H groups in total. The Labute approximate surface area is 155 Å². The van der Waals surface area contributed by atoms with Crippen molar-refractivity contribution in [1.29, 1.82) is 0 Å². The lowest BCUT2D eigenvalue weighted by molar-refractivity contribution is 0.0973. The minimum Gasteiger partial charge on any atom is -0.494 e. The fourth-order valence-electron chi connectivity index (χ4n) is 2.65. The van der Waals surface area contributed by atoms with Crippen LogP contribution in [0.15, 0.2) is 24.3 Å². The number of nitrogens with one attached hydrogen (secondary N) is 2. The van der Waals surface area contributed by atoms with Gasteiger partial charge in [-0.15, -0.1) is 0 Å². The maximum absolute atomic E-state index is 12.2. The Bertz CT molecular complexity index is 542. The lowest BCUT2D eigenvalue weighted by atomic mass is 10.2. The quantitative estimate of drug-likeness (QED) is 0.519. The van der Waals surface area contributed by atoms with Gasteiger partial charge in [-0.1, -0.05) is 26.2 Å². The summed E-state index contributed by atoms with van der Waals surface area (Å²) in [6.07, 6.45) is 7.00. The molecule has 25 heavy (non-hydrogen) atoms. The van der Waals surface area contributed by atoms with E-state index in [1.54, 1.807) is 12.1 Å². The number of hydrogen-bond donors (Lipinski definition) is 2. The standard InChI is InChI=1S/C19H28N2O3S/c1-2-3-4-5-12-23-16-10-8-15(9-11-16)18(22)21-19(25)20-14-17-7-6-13-24-17/h8-11,17H,2-7,12-14H2,1H3,(H2,20,21,22,25). The molecule has 1 amide bonds. The number of ether oxygens (including phenoxy) is 2.